The number of aromatic amines is 1. The molecule has 0 saturated heterocycles. The van der Waals surface area contributed by atoms with E-state index in [-0.39, 0.29) is 22.9 Å². The van der Waals surface area contributed by atoms with Gasteiger partial charge in [0.25, 0.3) is 0 Å². The van der Waals surface area contributed by atoms with Crippen LogP contribution in [0.25, 0.3) is 11.1 Å². The van der Waals surface area contributed by atoms with Gasteiger partial charge in [-0.25, -0.2) is 4.79 Å². The second kappa shape index (κ2) is 6.83. The molecule has 0 amide bonds. The van der Waals surface area contributed by atoms with Gasteiger partial charge in [0.1, 0.15) is 11.4 Å². The Morgan fingerprint density at radius 2 is 1.68 bits per heavy atom. The lowest BCUT2D eigenvalue weighted by molar-refractivity contribution is 0.0603. The molecule has 0 aliphatic carbocycles. The van der Waals surface area contributed by atoms with Crippen LogP contribution in [-0.4, -0.2) is 23.8 Å². The van der Waals surface area contributed by atoms with Crippen LogP contribution in [0.5, 0.6) is 0 Å². The number of nitrogen functional groups attached to an aromatic ring is 1. The molecule has 1 heterocycles. The number of ether oxygens (including phenoxy) is 1. The molecule has 3 rings (SSSR count). The third-order valence-corrected chi connectivity index (χ3v) is 4.07. The molecule has 0 aliphatic heterocycles. The average Bonchev–Trinajstić information content (AvgIpc) is 2.99. The van der Waals surface area contributed by atoms with E-state index in [2.05, 4.69) is 4.98 Å². The highest BCUT2D eigenvalue weighted by molar-refractivity contribution is 6.30. The fourth-order valence-corrected chi connectivity index (χ4v) is 2.77. The zero-order valence-corrected chi connectivity index (χ0v) is 14.1. The molecule has 0 spiro atoms. The Kier molecular flexibility index (Phi) is 4.59. The van der Waals surface area contributed by atoms with E-state index in [4.69, 9.17) is 22.1 Å². The second-order valence-electron chi connectivity index (χ2n) is 5.36. The number of nitrogens with one attached hydrogen (secondary N) is 1. The van der Waals surface area contributed by atoms with Crippen LogP contribution >= 0.6 is 11.6 Å². The van der Waals surface area contributed by atoms with Crippen molar-refractivity contribution in [1.29, 1.82) is 0 Å². The molecule has 0 fully saturated rings. The van der Waals surface area contributed by atoms with E-state index < -0.39 is 5.97 Å². The van der Waals surface area contributed by atoms with Crippen LogP contribution in [0.15, 0.2) is 54.6 Å². The topological polar surface area (TPSA) is 85.2 Å². The van der Waals surface area contributed by atoms with Gasteiger partial charge in [-0.05, 0) is 17.7 Å². The second-order valence-corrected chi connectivity index (χ2v) is 5.79. The summed E-state index contributed by atoms with van der Waals surface area (Å²) in [7, 11) is 1.26. The monoisotopic (exact) mass is 354 g/mol. The quantitative estimate of drug-likeness (QED) is 0.549. The minimum atomic E-state index is -0.620. The highest BCUT2D eigenvalue weighted by atomic mass is 35.5. The number of esters is 1. The largest absolute Gasteiger partial charge is 0.465 e. The summed E-state index contributed by atoms with van der Waals surface area (Å²) in [5.74, 6) is -0.811. The first-order valence-corrected chi connectivity index (χ1v) is 7.86. The minimum Gasteiger partial charge on any atom is -0.465 e. The molecule has 6 heteroatoms. The maximum absolute atomic E-state index is 12.9. The number of nitrogens with two attached hydrogens (primary N) is 1. The predicted molar refractivity (Wildman–Crippen MR) is 96.9 cm³/mol. The smallest absolute Gasteiger partial charge is 0.342 e. The van der Waals surface area contributed by atoms with Gasteiger partial charge in [0.15, 0.2) is 0 Å². The third kappa shape index (κ3) is 3.14. The number of benzene rings is 2. The van der Waals surface area contributed by atoms with Crippen molar-refractivity contribution in [3.8, 4) is 11.1 Å². The zero-order chi connectivity index (χ0) is 18.0. The molecule has 126 valence electrons. The van der Waals surface area contributed by atoms with Crippen molar-refractivity contribution in [3.05, 3.63) is 76.4 Å². The van der Waals surface area contributed by atoms with Gasteiger partial charge in [-0.2, -0.15) is 0 Å². The Bertz CT molecular complexity index is 931. The lowest BCUT2D eigenvalue weighted by atomic mass is 9.97. The van der Waals surface area contributed by atoms with Gasteiger partial charge in [0.2, 0.25) is 5.78 Å². The Morgan fingerprint density at radius 3 is 2.28 bits per heavy atom. The molecular formula is C19H15ClN2O3. The number of halogens is 1. The molecule has 25 heavy (non-hydrogen) atoms. The molecule has 0 radical (unpaired) electrons. The van der Waals surface area contributed by atoms with Crippen molar-refractivity contribution in [3.63, 3.8) is 0 Å². The van der Waals surface area contributed by atoms with E-state index >= 15 is 0 Å². The standard InChI is InChI=1S/C19H15ClN2O3/c1-25-19(24)15-14(11-7-9-13(20)10-8-11)16(22-18(15)21)17(23)12-5-3-2-4-6-12/h2-10,22H,21H2,1H3. The number of carbonyl (C=O) groups excluding carboxylic acids is 2. The first-order valence-electron chi connectivity index (χ1n) is 7.48. The summed E-state index contributed by atoms with van der Waals surface area (Å²) in [6, 6.07) is 15.5. The number of hydrogen-bond acceptors (Lipinski definition) is 4. The number of carbonyl (C=O) groups is 2. The highest BCUT2D eigenvalue weighted by Gasteiger charge is 2.27. The summed E-state index contributed by atoms with van der Waals surface area (Å²) in [5, 5.41) is 0.544. The van der Waals surface area contributed by atoms with Gasteiger partial charge in [-0.1, -0.05) is 54.1 Å². The highest BCUT2D eigenvalue weighted by Crippen LogP contribution is 2.34. The summed E-state index contributed by atoms with van der Waals surface area (Å²) in [5.41, 5.74) is 7.84. The first-order chi connectivity index (χ1) is 12.0. The molecule has 3 aromatic rings. The van der Waals surface area contributed by atoms with Gasteiger partial charge in [0, 0.05) is 16.1 Å². The molecule has 0 saturated carbocycles. The Hall–Kier alpha value is -3.05. The van der Waals surface area contributed by atoms with E-state index in [1.807, 2.05) is 6.07 Å². The van der Waals surface area contributed by atoms with Gasteiger partial charge < -0.3 is 15.5 Å². The third-order valence-electron chi connectivity index (χ3n) is 3.81. The lowest BCUT2D eigenvalue weighted by Gasteiger charge is -2.07. The normalized spacial score (nSPS) is 10.5. The SMILES string of the molecule is COC(=O)c1c(N)[nH]c(C(=O)c2ccccc2)c1-c1ccc(Cl)cc1. The molecule has 0 atom stereocenters. The lowest BCUT2D eigenvalue weighted by Crippen LogP contribution is -2.06. The molecule has 0 aliphatic rings. The van der Waals surface area contributed by atoms with Crippen molar-refractivity contribution in [2.75, 3.05) is 12.8 Å². The number of methoxy groups -OCH3 is 1. The molecule has 5 nitrogen and oxygen atoms in total. The van der Waals surface area contributed by atoms with Crippen molar-refractivity contribution in [2.24, 2.45) is 0 Å². The number of aromatic nitrogens is 1. The molecule has 1 aromatic heterocycles. The average molecular weight is 355 g/mol. The van der Waals surface area contributed by atoms with Crippen LogP contribution in [0.3, 0.4) is 0 Å². The fraction of sp³-hybridized carbons (Fsp3) is 0.0526. The van der Waals surface area contributed by atoms with Crippen molar-refractivity contribution in [2.45, 2.75) is 0 Å². The summed E-state index contributed by atoms with van der Waals surface area (Å²) < 4.78 is 4.83. The zero-order valence-electron chi connectivity index (χ0n) is 13.4. The Balaban J connectivity index is 2.24. The summed E-state index contributed by atoms with van der Waals surface area (Å²) in [6.07, 6.45) is 0. The summed E-state index contributed by atoms with van der Waals surface area (Å²) >= 11 is 5.94. The van der Waals surface area contributed by atoms with E-state index in [1.165, 1.54) is 7.11 Å². The Morgan fingerprint density at radius 1 is 1.04 bits per heavy atom. The fourth-order valence-electron chi connectivity index (χ4n) is 2.64. The van der Waals surface area contributed by atoms with Gasteiger partial charge in [0.05, 0.1) is 12.8 Å². The van der Waals surface area contributed by atoms with Crippen LogP contribution in [0.1, 0.15) is 26.4 Å². The predicted octanol–water partition coefficient (Wildman–Crippen LogP) is 3.93. The molecule has 2 aromatic carbocycles. The van der Waals surface area contributed by atoms with Crippen LogP contribution in [-0.2, 0) is 4.74 Å². The van der Waals surface area contributed by atoms with E-state index in [0.717, 1.165) is 0 Å². The molecule has 0 bridgehead atoms. The maximum atomic E-state index is 12.9. The van der Waals surface area contributed by atoms with Gasteiger partial charge in [-0.3, -0.25) is 4.79 Å². The van der Waals surface area contributed by atoms with Crippen molar-refractivity contribution in [1.82, 2.24) is 4.98 Å². The molecule has 0 unspecified atom stereocenters. The molecule has 3 N–H and O–H groups in total. The van der Waals surface area contributed by atoms with E-state index in [9.17, 15) is 9.59 Å². The van der Waals surface area contributed by atoms with Crippen LogP contribution in [0.4, 0.5) is 5.82 Å². The van der Waals surface area contributed by atoms with E-state index in [0.29, 0.717) is 21.7 Å². The first kappa shape index (κ1) is 16.8. The number of H-pyrrole nitrogens is 1. The summed E-state index contributed by atoms with van der Waals surface area (Å²) in [4.78, 5) is 28.0. The number of rotatable bonds is 4. The number of ketones is 1. The number of hydrogen-bond donors (Lipinski definition) is 2. The van der Waals surface area contributed by atoms with Crippen LogP contribution in [0, 0.1) is 0 Å². The Labute approximate surface area is 149 Å². The number of anilines is 1. The minimum absolute atomic E-state index is 0.0797. The van der Waals surface area contributed by atoms with Crippen molar-refractivity contribution < 1.29 is 14.3 Å². The molecular weight excluding hydrogens is 340 g/mol. The van der Waals surface area contributed by atoms with Gasteiger partial charge in [-0.15, -0.1) is 0 Å². The van der Waals surface area contributed by atoms with Crippen LogP contribution < -0.4 is 5.73 Å². The van der Waals surface area contributed by atoms with E-state index in [1.54, 1.807) is 48.5 Å². The van der Waals surface area contributed by atoms with Crippen molar-refractivity contribution >= 4 is 29.2 Å². The summed E-state index contributed by atoms with van der Waals surface area (Å²) in [6.45, 7) is 0. The van der Waals surface area contributed by atoms with Crippen LogP contribution in [0.2, 0.25) is 5.02 Å². The van der Waals surface area contributed by atoms with Gasteiger partial charge >= 0.3 is 5.97 Å². The maximum Gasteiger partial charge on any atom is 0.342 e.